The third-order valence-electron chi connectivity index (χ3n) is 6.21. The first-order chi connectivity index (χ1) is 16.2. The zero-order valence-corrected chi connectivity index (χ0v) is 21.6. The number of hydrogen-bond donors (Lipinski definition) is 1. The van der Waals surface area contributed by atoms with Crippen LogP contribution in [-0.4, -0.2) is 77.7 Å². The van der Waals surface area contributed by atoms with Crippen LogP contribution in [0.25, 0.3) is 0 Å². The Morgan fingerprint density at radius 3 is 2.53 bits per heavy atom. The topological polar surface area (TPSA) is 81.8 Å². The van der Waals surface area contributed by atoms with Crippen LogP contribution in [0.15, 0.2) is 24.3 Å². The first-order valence-electron chi connectivity index (χ1n) is 11.9. The number of hydrogen-bond acceptors (Lipinski definition) is 5. The predicted octanol–water partition coefficient (Wildman–Crippen LogP) is 3.92. The Morgan fingerprint density at radius 2 is 1.88 bits per heavy atom. The number of amides is 2. The van der Waals surface area contributed by atoms with Gasteiger partial charge in [-0.3, -0.25) is 19.6 Å². The van der Waals surface area contributed by atoms with Gasteiger partial charge in [0.25, 0.3) is 11.8 Å². The average molecular weight is 490 g/mol. The molecule has 1 aliphatic heterocycles. The smallest absolute Gasteiger partial charge is 0.274 e. The lowest BCUT2D eigenvalue weighted by Crippen LogP contribution is -2.41. The van der Waals surface area contributed by atoms with Crippen molar-refractivity contribution in [3.8, 4) is 0 Å². The second kappa shape index (κ2) is 11.8. The summed E-state index contributed by atoms with van der Waals surface area (Å²) in [6, 6.07) is 7.64. The van der Waals surface area contributed by atoms with Gasteiger partial charge in [-0.05, 0) is 49.9 Å². The number of H-pyrrole nitrogens is 1. The number of carbonyl (C=O) groups is 2. The first kappa shape index (κ1) is 26.2. The number of aromatic nitrogens is 2. The van der Waals surface area contributed by atoms with Gasteiger partial charge in [-0.2, -0.15) is 5.10 Å². The van der Waals surface area contributed by atoms with Crippen molar-refractivity contribution in [3.05, 3.63) is 46.2 Å². The Bertz CT molecular complexity index is 991. The van der Waals surface area contributed by atoms with Crippen LogP contribution in [0.1, 0.15) is 61.8 Å². The molecule has 9 heteroatoms. The highest BCUT2D eigenvalue weighted by molar-refractivity contribution is 6.31. The summed E-state index contributed by atoms with van der Waals surface area (Å²) in [4.78, 5) is 32.4. The number of nitrogens with one attached hydrogen (secondary N) is 1. The van der Waals surface area contributed by atoms with E-state index >= 15 is 0 Å². The largest absolute Gasteiger partial charge is 0.375 e. The number of benzene rings is 1. The molecular formula is C25H36ClN5O3. The molecule has 34 heavy (non-hydrogen) atoms. The molecule has 0 fully saturated rings. The monoisotopic (exact) mass is 489 g/mol. The van der Waals surface area contributed by atoms with Gasteiger partial charge in [0, 0.05) is 56.6 Å². The molecule has 0 unspecified atom stereocenters. The maximum Gasteiger partial charge on any atom is 0.274 e. The molecule has 0 saturated carbocycles. The van der Waals surface area contributed by atoms with Gasteiger partial charge in [-0.25, -0.2) is 0 Å². The zero-order chi connectivity index (χ0) is 24.8. The number of anilines is 1. The quantitative estimate of drug-likeness (QED) is 0.688. The van der Waals surface area contributed by atoms with Crippen LogP contribution >= 0.6 is 11.6 Å². The minimum absolute atomic E-state index is 0.0201. The van der Waals surface area contributed by atoms with E-state index in [4.69, 9.17) is 16.3 Å². The van der Waals surface area contributed by atoms with E-state index < -0.39 is 0 Å². The molecular weight excluding hydrogens is 454 g/mol. The van der Waals surface area contributed by atoms with E-state index in [1.54, 1.807) is 17.0 Å². The molecule has 2 amide bonds. The minimum atomic E-state index is -0.137. The third kappa shape index (κ3) is 6.37. The SMILES string of the molecule is COCC(=O)N1CCCN(C(C)C)CCN(C(=O)c2cc(C(C)C)[nH]n2)Cc2ccc(Cl)cc21. The number of carbonyl (C=O) groups excluding carboxylic acids is 2. The van der Waals surface area contributed by atoms with Crippen LogP contribution in [0, 0.1) is 0 Å². The minimum Gasteiger partial charge on any atom is -0.375 e. The number of methoxy groups -OCH3 is 1. The maximum absolute atomic E-state index is 13.6. The number of ether oxygens (including phenoxy) is 1. The Kier molecular flexibility index (Phi) is 9.10. The van der Waals surface area contributed by atoms with Gasteiger partial charge >= 0.3 is 0 Å². The van der Waals surface area contributed by atoms with Gasteiger partial charge in [-0.1, -0.05) is 31.5 Å². The molecule has 1 N–H and O–H groups in total. The second-order valence-corrected chi connectivity index (χ2v) is 9.76. The summed E-state index contributed by atoms with van der Waals surface area (Å²) in [5.74, 6) is -0.0221. The van der Waals surface area contributed by atoms with E-state index in [0.717, 1.165) is 36.5 Å². The lowest BCUT2D eigenvalue weighted by molar-refractivity contribution is -0.122. The Balaban J connectivity index is 2.01. The molecule has 0 radical (unpaired) electrons. The Labute approximate surface area is 207 Å². The van der Waals surface area contributed by atoms with Crippen LogP contribution in [0.2, 0.25) is 5.02 Å². The number of aromatic amines is 1. The van der Waals surface area contributed by atoms with Crippen LogP contribution in [-0.2, 0) is 16.1 Å². The zero-order valence-electron chi connectivity index (χ0n) is 20.8. The molecule has 1 aromatic heterocycles. The second-order valence-electron chi connectivity index (χ2n) is 9.32. The third-order valence-corrected chi connectivity index (χ3v) is 6.44. The predicted molar refractivity (Wildman–Crippen MR) is 134 cm³/mol. The number of fused-ring (bicyclic) bond motifs is 1. The average Bonchev–Trinajstić information content (AvgIpc) is 3.27. The fraction of sp³-hybridized carbons (Fsp3) is 0.560. The molecule has 0 saturated heterocycles. The van der Waals surface area contributed by atoms with Crippen molar-refractivity contribution in [2.45, 2.75) is 52.6 Å². The molecule has 2 aromatic rings. The van der Waals surface area contributed by atoms with Gasteiger partial charge in [0.2, 0.25) is 0 Å². The number of rotatable bonds is 5. The van der Waals surface area contributed by atoms with Crippen molar-refractivity contribution < 1.29 is 14.3 Å². The van der Waals surface area contributed by atoms with Gasteiger partial charge in [0.1, 0.15) is 12.3 Å². The lowest BCUT2D eigenvalue weighted by Gasteiger charge is -2.29. The van der Waals surface area contributed by atoms with E-state index in [1.807, 2.05) is 17.0 Å². The molecule has 186 valence electrons. The van der Waals surface area contributed by atoms with Crippen molar-refractivity contribution in [1.82, 2.24) is 20.0 Å². The molecule has 0 spiro atoms. The normalized spacial score (nSPS) is 16.0. The lowest BCUT2D eigenvalue weighted by atomic mass is 10.1. The van der Waals surface area contributed by atoms with E-state index in [2.05, 4.69) is 42.8 Å². The van der Waals surface area contributed by atoms with Crippen LogP contribution in [0.5, 0.6) is 0 Å². The molecule has 0 atom stereocenters. The summed E-state index contributed by atoms with van der Waals surface area (Å²) in [5, 5.41) is 7.81. The molecule has 1 aliphatic rings. The van der Waals surface area contributed by atoms with Crippen molar-refractivity contribution in [2.75, 3.05) is 44.8 Å². The highest BCUT2D eigenvalue weighted by atomic mass is 35.5. The van der Waals surface area contributed by atoms with E-state index in [1.165, 1.54) is 7.11 Å². The van der Waals surface area contributed by atoms with Crippen molar-refractivity contribution >= 4 is 29.1 Å². The summed E-state index contributed by atoms with van der Waals surface area (Å²) in [5.41, 5.74) is 2.90. The summed E-state index contributed by atoms with van der Waals surface area (Å²) in [6.07, 6.45) is 0.796. The molecule has 2 heterocycles. The molecule has 1 aromatic carbocycles. The highest BCUT2D eigenvalue weighted by Crippen LogP contribution is 2.28. The number of halogens is 1. The molecule has 3 rings (SSSR count). The summed E-state index contributed by atoms with van der Waals surface area (Å²) in [7, 11) is 1.51. The fourth-order valence-electron chi connectivity index (χ4n) is 4.17. The maximum atomic E-state index is 13.6. The van der Waals surface area contributed by atoms with Crippen LogP contribution in [0.3, 0.4) is 0 Å². The first-order valence-corrected chi connectivity index (χ1v) is 12.3. The molecule has 8 nitrogen and oxygen atoms in total. The standard InChI is InChI=1S/C25H36ClN5O3/c1-17(2)21-14-22(28-27-21)25(33)30-12-11-29(18(3)4)9-6-10-31(24(32)16-34-5)23-13-20(26)8-7-19(23)15-30/h7-8,13-14,17-18H,6,9-12,15-16H2,1-5H3,(H,27,28). The van der Waals surface area contributed by atoms with Crippen molar-refractivity contribution in [3.63, 3.8) is 0 Å². The van der Waals surface area contributed by atoms with Crippen molar-refractivity contribution in [2.24, 2.45) is 0 Å². The van der Waals surface area contributed by atoms with E-state index in [-0.39, 0.29) is 24.3 Å². The Hall–Kier alpha value is -2.42. The van der Waals surface area contributed by atoms with E-state index in [0.29, 0.717) is 36.4 Å². The molecule has 0 aliphatic carbocycles. The molecule has 0 bridgehead atoms. The summed E-state index contributed by atoms with van der Waals surface area (Å²) in [6.45, 7) is 11.4. The summed E-state index contributed by atoms with van der Waals surface area (Å²) >= 11 is 6.34. The van der Waals surface area contributed by atoms with Gasteiger partial charge in [0.05, 0.1) is 5.69 Å². The highest BCUT2D eigenvalue weighted by Gasteiger charge is 2.26. The van der Waals surface area contributed by atoms with Gasteiger partial charge in [0.15, 0.2) is 0 Å². The summed E-state index contributed by atoms with van der Waals surface area (Å²) < 4.78 is 5.14. The van der Waals surface area contributed by atoms with Crippen LogP contribution < -0.4 is 4.90 Å². The Morgan fingerprint density at radius 1 is 1.12 bits per heavy atom. The number of nitrogens with zero attached hydrogens (tertiary/aromatic N) is 4. The van der Waals surface area contributed by atoms with Crippen LogP contribution in [0.4, 0.5) is 5.69 Å². The van der Waals surface area contributed by atoms with Crippen molar-refractivity contribution in [1.29, 1.82) is 0 Å². The fourth-order valence-corrected chi connectivity index (χ4v) is 4.34. The van der Waals surface area contributed by atoms with Gasteiger partial charge < -0.3 is 14.5 Å². The van der Waals surface area contributed by atoms with E-state index in [9.17, 15) is 9.59 Å². The van der Waals surface area contributed by atoms with Gasteiger partial charge in [-0.15, -0.1) is 0 Å².